The summed E-state index contributed by atoms with van der Waals surface area (Å²) in [6, 6.07) is 8.84. The molecule has 1 fully saturated rings. The number of amides is 1. The van der Waals surface area contributed by atoms with Gasteiger partial charge in [0.25, 0.3) is 0 Å². The van der Waals surface area contributed by atoms with Crippen LogP contribution in [0.4, 0.5) is 23.2 Å². The first kappa shape index (κ1) is 23.1. The number of benzene rings is 2. The lowest BCUT2D eigenvalue weighted by atomic mass is 9.73. The minimum Gasteiger partial charge on any atom is -0.381 e. The minimum atomic E-state index is -4.56. The number of anilines is 1. The number of hydrogen-bond acceptors (Lipinski definition) is 3. The van der Waals surface area contributed by atoms with Crippen molar-refractivity contribution in [2.75, 3.05) is 18.5 Å². The quantitative estimate of drug-likeness (QED) is 0.703. The Balaban J connectivity index is 0.00000300. The molecule has 0 aliphatic carbocycles. The molecular weight excluding hydrogens is 412 g/mol. The molecule has 0 saturated carbocycles. The molecule has 1 aliphatic rings. The lowest BCUT2D eigenvalue weighted by Gasteiger charge is -2.36. The number of hydrogen-bond donors (Lipinski definition) is 2. The Bertz CT molecular complexity index is 851. The van der Waals surface area contributed by atoms with Crippen LogP contribution in [0.25, 0.3) is 0 Å². The van der Waals surface area contributed by atoms with Crippen LogP contribution in [0.5, 0.6) is 0 Å². The fraction of sp³-hybridized carbons (Fsp3) is 0.350. The zero-order valence-electron chi connectivity index (χ0n) is 15.4. The highest BCUT2D eigenvalue weighted by Crippen LogP contribution is 2.37. The van der Waals surface area contributed by atoms with E-state index >= 15 is 0 Å². The van der Waals surface area contributed by atoms with Crippen molar-refractivity contribution in [2.45, 2.75) is 31.0 Å². The summed E-state index contributed by atoms with van der Waals surface area (Å²) in [7, 11) is 0. The predicted molar refractivity (Wildman–Crippen MR) is 103 cm³/mol. The van der Waals surface area contributed by atoms with Crippen LogP contribution < -0.4 is 11.1 Å². The van der Waals surface area contributed by atoms with Crippen LogP contribution in [0, 0.1) is 5.82 Å². The molecule has 2 aromatic rings. The normalized spacial score (nSPS) is 16.0. The first-order valence-electron chi connectivity index (χ1n) is 8.81. The molecule has 0 radical (unpaired) electrons. The zero-order valence-corrected chi connectivity index (χ0v) is 16.2. The Hall–Kier alpha value is -2.16. The molecule has 1 aliphatic heterocycles. The van der Waals surface area contributed by atoms with Crippen LogP contribution in [0.1, 0.15) is 29.5 Å². The second kappa shape index (κ2) is 9.11. The summed E-state index contributed by atoms with van der Waals surface area (Å²) in [6.07, 6.45) is -3.88. The van der Waals surface area contributed by atoms with Gasteiger partial charge in [-0.3, -0.25) is 4.79 Å². The van der Waals surface area contributed by atoms with Gasteiger partial charge < -0.3 is 15.8 Å². The van der Waals surface area contributed by atoms with Gasteiger partial charge >= 0.3 is 6.18 Å². The predicted octanol–water partition coefficient (Wildman–Crippen LogP) is 4.41. The number of nitrogens with two attached hydrogens (primary N) is 1. The maximum atomic E-state index is 13.3. The number of alkyl halides is 3. The van der Waals surface area contributed by atoms with Crippen molar-refractivity contribution < 1.29 is 27.1 Å². The average Bonchev–Trinajstić information content (AvgIpc) is 2.68. The van der Waals surface area contributed by atoms with Gasteiger partial charge in [0.1, 0.15) is 5.82 Å². The van der Waals surface area contributed by atoms with E-state index < -0.39 is 28.9 Å². The first-order chi connectivity index (χ1) is 13.2. The zero-order chi connectivity index (χ0) is 20.4. The highest BCUT2D eigenvalue weighted by molar-refractivity contribution is 5.99. The molecule has 9 heteroatoms. The number of ether oxygens (including phenoxy) is 1. The Morgan fingerprint density at radius 1 is 1.10 bits per heavy atom. The van der Waals surface area contributed by atoms with Crippen LogP contribution >= 0.6 is 12.4 Å². The van der Waals surface area contributed by atoms with Crippen LogP contribution in [-0.4, -0.2) is 19.1 Å². The standard InChI is InChI=1S/C20H20F4N2O2.ClH/c21-16-3-1-14(2-4-16)19(5-7-28-8-6-19)18(27)26-17-10-13(12-25)9-15(11-17)20(22,23)24;/h1-4,9-11H,5-8,12,25H2,(H,26,27);1H. The van der Waals surface area contributed by atoms with Crippen LogP contribution in [-0.2, 0) is 27.7 Å². The van der Waals surface area contributed by atoms with Gasteiger partial charge in [0.2, 0.25) is 5.91 Å². The molecule has 0 spiro atoms. The highest BCUT2D eigenvalue weighted by Gasteiger charge is 2.42. The molecule has 4 nitrogen and oxygen atoms in total. The summed E-state index contributed by atoms with van der Waals surface area (Å²) in [5.74, 6) is -0.887. The Labute approximate surface area is 171 Å². The van der Waals surface area contributed by atoms with E-state index in [0.717, 1.165) is 12.1 Å². The molecule has 3 rings (SSSR count). The Kier molecular flexibility index (Phi) is 7.26. The molecule has 0 bridgehead atoms. The number of nitrogens with one attached hydrogen (secondary N) is 1. The van der Waals surface area contributed by atoms with Crippen molar-refractivity contribution in [3.63, 3.8) is 0 Å². The van der Waals surface area contributed by atoms with Crippen LogP contribution in [0.3, 0.4) is 0 Å². The molecule has 1 amide bonds. The van der Waals surface area contributed by atoms with Crippen molar-refractivity contribution in [1.82, 2.24) is 0 Å². The summed E-state index contributed by atoms with van der Waals surface area (Å²) in [5.41, 5.74) is 4.49. The lowest BCUT2D eigenvalue weighted by Crippen LogP contribution is -2.44. The van der Waals surface area contributed by atoms with Gasteiger partial charge in [0.15, 0.2) is 0 Å². The van der Waals surface area contributed by atoms with Crippen LogP contribution in [0.2, 0.25) is 0 Å². The molecule has 29 heavy (non-hydrogen) atoms. The third-order valence-electron chi connectivity index (χ3n) is 4.99. The summed E-state index contributed by atoms with van der Waals surface area (Å²) in [4.78, 5) is 13.2. The monoisotopic (exact) mass is 432 g/mol. The maximum absolute atomic E-state index is 13.3. The lowest BCUT2D eigenvalue weighted by molar-refractivity contribution is -0.137. The van der Waals surface area contributed by atoms with Gasteiger partial charge in [-0.15, -0.1) is 12.4 Å². The van der Waals surface area contributed by atoms with E-state index in [2.05, 4.69) is 5.32 Å². The molecule has 3 N–H and O–H groups in total. The van der Waals surface area contributed by atoms with Crippen molar-refractivity contribution in [2.24, 2.45) is 5.73 Å². The molecule has 1 heterocycles. The second-order valence-electron chi connectivity index (χ2n) is 6.78. The van der Waals surface area contributed by atoms with Gasteiger partial charge in [-0.1, -0.05) is 12.1 Å². The average molecular weight is 433 g/mol. The van der Waals surface area contributed by atoms with Gasteiger partial charge in [0, 0.05) is 25.4 Å². The summed E-state index contributed by atoms with van der Waals surface area (Å²) >= 11 is 0. The topological polar surface area (TPSA) is 64.3 Å². The van der Waals surface area contributed by atoms with Crippen LogP contribution in [0.15, 0.2) is 42.5 Å². The molecular formula is C20H21ClF4N2O2. The van der Waals surface area contributed by atoms with E-state index in [1.807, 2.05) is 0 Å². The van der Waals surface area contributed by atoms with Crippen molar-refractivity contribution >= 4 is 24.0 Å². The van der Waals surface area contributed by atoms with E-state index in [4.69, 9.17) is 10.5 Å². The fourth-order valence-electron chi connectivity index (χ4n) is 3.43. The number of carbonyl (C=O) groups excluding carboxylic acids is 1. The smallest absolute Gasteiger partial charge is 0.381 e. The van der Waals surface area contributed by atoms with E-state index in [9.17, 15) is 22.4 Å². The molecule has 2 aromatic carbocycles. The SMILES string of the molecule is Cl.NCc1cc(NC(=O)C2(c3ccc(F)cc3)CCOCC2)cc(C(F)(F)F)c1. The van der Waals surface area contributed by atoms with E-state index in [1.165, 1.54) is 30.3 Å². The number of carbonyl (C=O) groups is 1. The van der Waals surface area contributed by atoms with Gasteiger partial charge in [-0.05, 0) is 54.3 Å². The first-order valence-corrected chi connectivity index (χ1v) is 8.81. The molecule has 0 aromatic heterocycles. The van der Waals surface area contributed by atoms with Crippen molar-refractivity contribution in [1.29, 1.82) is 0 Å². The second-order valence-corrected chi connectivity index (χ2v) is 6.78. The number of rotatable bonds is 4. The van der Waals surface area contributed by atoms with Crippen molar-refractivity contribution in [3.05, 3.63) is 65.0 Å². The summed E-state index contributed by atoms with van der Waals surface area (Å²) < 4.78 is 58.1. The maximum Gasteiger partial charge on any atom is 0.416 e. The van der Waals surface area contributed by atoms with Crippen molar-refractivity contribution in [3.8, 4) is 0 Å². The molecule has 1 saturated heterocycles. The largest absolute Gasteiger partial charge is 0.416 e. The van der Waals surface area contributed by atoms with Gasteiger partial charge in [-0.25, -0.2) is 4.39 Å². The number of halogens is 5. The van der Waals surface area contributed by atoms with E-state index in [0.29, 0.717) is 31.6 Å². The Morgan fingerprint density at radius 3 is 2.28 bits per heavy atom. The van der Waals surface area contributed by atoms with E-state index in [-0.39, 0.29) is 30.2 Å². The highest BCUT2D eigenvalue weighted by atomic mass is 35.5. The van der Waals surface area contributed by atoms with E-state index in [1.54, 1.807) is 0 Å². The third-order valence-corrected chi connectivity index (χ3v) is 4.99. The minimum absolute atomic E-state index is 0. The fourth-order valence-corrected chi connectivity index (χ4v) is 3.43. The summed E-state index contributed by atoms with van der Waals surface area (Å²) in [6.45, 7) is 0.548. The molecule has 0 unspecified atom stereocenters. The molecule has 158 valence electrons. The van der Waals surface area contributed by atoms with Gasteiger partial charge in [0.05, 0.1) is 11.0 Å². The Morgan fingerprint density at radius 2 is 1.72 bits per heavy atom. The van der Waals surface area contributed by atoms with Gasteiger partial charge in [-0.2, -0.15) is 13.2 Å². The molecule has 0 atom stereocenters. The summed E-state index contributed by atoms with van der Waals surface area (Å²) in [5, 5.41) is 2.61. The third kappa shape index (κ3) is 5.07.